The Bertz CT molecular complexity index is 641. The Morgan fingerprint density at radius 1 is 1.39 bits per heavy atom. The Hall–Kier alpha value is -2.21. The van der Waals surface area contributed by atoms with Gasteiger partial charge in [-0.15, -0.1) is 0 Å². The molecule has 0 radical (unpaired) electrons. The maximum Gasteiger partial charge on any atom is 0.231 e. The lowest BCUT2D eigenvalue weighted by molar-refractivity contribution is -0.129. The molecule has 1 amide bonds. The van der Waals surface area contributed by atoms with E-state index in [0.717, 1.165) is 31.4 Å². The summed E-state index contributed by atoms with van der Waals surface area (Å²) in [6.45, 7) is 3.46. The van der Waals surface area contributed by atoms with E-state index in [1.165, 1.54) is 0 Å². The van der Waals surface area contributed by atoms with E-state index in [2.05, 4.69) is 22.3 Å². The van der Waals surface area contributed by atoms with Gasteiger partial charge >= 0.3 is 0 Å². The highest BCUT2D eigenvalue weighted by molar-refractivity contribution is 5.92. The van der Waals surface area contributed by atoms with Crippen molar-refractivity contribution in [3.05, 3.63) is 42.4 Å². The van der Waals surface area contributed by atoms with Crippen LogP contribution in [0.25, 0.3) is 0 Å². The molecule has 23 heavy (non-hydrogen) atoms. The van der Waals surface area contributed by atoms with E-state index in [1.54, 1.807) is 17.1 Å². The Kier molecular flexibility index (Phi) is 5.02. The van der Waals surface area contributed by atoms with Crippen LogP contribution >= 0.6 is 0 Å². The molecule has 6 heteroatoms. The van der Waals surface area contributed by atoms with E-state index >= 15 is 0 Å². The van der Waals surface area contributed by atoms with Gasteiger partial charge in [0, 0.05) is 31.3 Å². The van der Waals surface area contributed by atoms with Gasteiger partial charge in [-0.1, -0.05) is 6.92 Å². The van der Waals surface area contributed by atoms with Gasteiger partial charge in [0.15, 0.2) is 5.82 Å². The minimum Gasteiger partial charge on any atom is -0.377 e. The largest absolute Gasteiger partial charge is 0.377 e. The number of ether oxygens (including phenoxy) is 1. The molecule has 0 unspecified atom stereocenters. The lowest BCUT2D eigenvalue weighted by Gasteiger charge is -2.29. The first kappa shape index (κ1) is 15.7. The highest BCUT2D eigenvalue weighted by Gasteiger charge is 2.30. The third-order valence-electron chi connectivity index (χ3n) is 4.17. The first-order valence-corrected chi connectivity index (χ1v) is 8.11. The summed E-state index contributed by atoms with van der Waals surface area (Å²) in [6.07, 6.45) is 8.07. The van der Waals surface area contributed by atoms with Crippen LogP contribution in [0.4, 0.5) is 5.82 Å². The summed E-state index contributed by atoms with van der Waals surface area (Å²) in [7, 11) is 0. The second-order valence-corrected chi connectivity index (χ2v) is 5.81. The lowest BCUT2D eigenvalue weighted by Crippen LogP contribution is -2.37. The average Bonchev–Trinajstić information content (AvgIpc) is 3.02. The van der Waals surface area contributed by atoms with Crippen LogP contribution in [0.2, 0.25) is 0 Å². The molecule has 0 saturated carbocycles. The summed E-state index contributed by atoms with van der Waals surface area (Å²) < 4.78 is 7.50. The standard InChI is InChI=1S/C17H22N4O2/c1-2-15-14(4-3-11-23-15)17(22)19-16-7-10-21(20-16)12-13-5-8-18-9-6-13/h5-10,14-15H,2-4,11-12H2,1H3,(H,19,20,22)/t14-,15-/m0/s1. The SMILES string of the molecule is CC[C@@H]1OCCC[C@@H]1C(=O)Nc1ccn(Cc2ccncc2)n1. The van der Waals surface area contributed by atoms with Crippen molar-refractivity contribution in [2.24, 2.45) is 5.92 Å². The molecule has 1 saturated heterocycles. The lowest BCUT2D eigenvalue weighted by atomic mass is 9.92. The predicted octanol–water partition coefficient (Wildman–Crippen LogP) is 2.47. The van der Waals surface area contributed by atoms with Gasteiger partial charge in [0.05, 0.1) is 18.6 Å². The molecule has 1 fully saturated rings. The van der Waals surface area contributed by atoms with Crippen molar-refractivity contribution in [1.29, 1.82) is 0 Å². The molecule has 0 bridgehead atoms. The van der Waals surface area contributed by atoms with Crippen LogP contribution in [0.1, 0.15) is 31.7 Å². The average molecular weight is 314 g/mol. The van der Waals surface area contributed by atoms with Crippen molar-refractivity contribution in [1.82, 2.24) is 14.8 Å². The maximum atomic E-state index is 12.5. The molecular formula is C17H22N4O2. The number of carbonyl (C=O) groups is 1. The van der Waals surface area contributed by atoms with Gasteiger partial charge in [-0.25, -0.2) is 0 Å². The molecule has 2 atom stereocenters. The third-order valence-corrected chi connectivity index (χ3v) is 4.17. The molecule has 3 rings (SSSR count). The maximum absolute atomic E-state index is 12.5. The highest BCUT2D eigenvalue weighted by Crippen LogP contribution is 2.24. The minimum atomic E-state index is -0.0842. The van der Waals surface area contributed by atoms with Crippen molar-refractivity contribution >= 4 is 11.7 Å². The van der Waals surface area contributed by atoms with Crippen molar-refractivity contribution < 1.29 is 9.53 Å². The second-order valence-electron chi connectivity index (χ2n) is 5.81. The molecule has 0 aromatic carbocycles. The number of nitrogens with one attached hydrogen (secondary N) is 1. The van der Waals surface area contributed by atoms with Gasteiger partial charge in [-0.3, -0.25) is 14.5 Å². The quantitative estimate of drug-likeness (QED) is 0.920. The van der Waals surface area contributed by atoms with Crippen molar-refractivity contribution in [3.63, 3.8) is 0 Å². The number of pyridine rings is 1. The summed E-state index contributed by atoms with van der Waals surface area (Å²) in [5.74, 6) is 0.509. The van der Waals surface area contributed by atoms with Crippen LogP contribution in [0.3, 0.4) is 0 Å². The normalized spacial score (nSPS) is 21.1. The fourth-order valence-electron chi connectivity index (χ4n) is 2.95. The molecule has 1 aliphatic heterocycles. The first-order chi connectivity index (χ1) is 11.3. The predicted molar refractivity (Wildman–Crippen MR) is 87.0 cm³/mol. The molecule has 1 N–H and O–H groups in total. The van der Waals surface area contributed by atoms with Gasteiger partial charge in [0.1, 0.15) is 0 Å². The van der Waals surface area contributed by atoms with E-state index in [9.17, 15) is 4.79 Å². The summed E-state index contributed by atoms with van der Waals surface area (Å²) in [4.78, 5) is 16.5. The number of anilines is 1. The van der Waals surface area contributed by atoms with E-state index in [-0.39, 0.29) is 17.9 Å². The first-order valence-electron chi connectivity index (χ1n) is 8.11. The van der Waals surface area contributed by atoms with Crippen molar-refractivity contribution in [2.45, 2.75) is 38.8 Å². The van der Waals surface area contributed by atoms with Crippen LogP contribution in [0.5, 0.6) is 0 Å². The summed E-state index contributed by atoms with van der Waals surface area (Å²) >= 11 is 0. The zero-order chi connectivity index (χ0) is 16.1. The Balaban J connectivity index is 1.61. The Labute approximate surface area is 135 Å². The van der Waals surface area contributed by atoms with E-state index < -0.39 is 0 Å². The minimum absolute atomic E-state index is 0.00529. The van der Waals surface area contributed by atoms with E-state index in [1.807, 2.05) is 24.4 Å². The second kappa shape index (κ2) is 7.37. The molecule has 3 heterocycles. The monoisotopic (exact) mass is 314 g/mol. The van der Waals surface area contributed by atoms with E-state index in [4.69, 9.17) is 4.74 Å². The Morgan fingerprint density at radius 3 is 3.00 bits per heavy atom. The molecular weight excluding hydrogens is 292 g/mol. The molecule has 0 spiro atoms. The van der Waals surface area contributed by atoms with Crippen LogP contribution in [0, 0.1) is 5.92 Å². The molecule has 122 valence electrons. The van der Waals surface area contributed by atoms with Gasteiger partial charge < -0.3 is 10.1 Å². The molecule has 2 aromatic rings. The van der Waals surface area contributed by atoms with Crippen molar-refractivity contribution in [2.75, 3.05) is 11.9 Å². The summed E-state index contributed by atoms with van der Waals surface area (Å²) in [5.41, 5.74) is 1.12. The zero-order valence-electron chi connectivity index (χ0n) is 13.3. The fourth-order valence-corrected chi connectivity index (χ4v) is 2.95. The van der Waals surface area contributed by atoms with Gasteiger partial charge in [0.25, 0.3) is 0 Å². The summed E-state index contributed by atoms with van der Waals surface area (Å²) in [5, 5.41) is 7.33. The number of hydrogen-bond acceptors (Lipinski definition) is 4. The molecule has 0 aliphatic carbocycles. The van der Waals surface area contributed by atoms with Crippen LogP contribution < -0.4 is 5.32 Å². The smallest absolute Gasteiger partial charge is 0.231 e. The number of hydrogen-bond donors (Lipinski definition) is 1. The highest BCUT2D eigenvalue weighted by atomic mass is 16.5. The van der Waals surface area contributed by atoms with Crippen LogP contribution in [-0.4, -0.2) is 33.4 Å². The summed E-state index contributed by atoms with van der Waals surface area (Å²) in [6, 6.07) is 5.72. The van der Waals surface area contributed by atoms with Crippen molar-refractivity contribution in [3.8, 4) is 0 Å². The third kappa shape index (κ3) is 3.96. The topological polar surface area (TPSA) is 69.0 Å². The van der Waals surface area contributed by atoms with E-state index in [0.29, 0.717) is 12.4 Å². The number of aromatic nitrogens is 3. The molecule has 2 aromatic heterocycles. The molecule has 1 aliphatic rings. The number of rotatable bonds is 5. The van der Waals surface area contributed by atoms with Gasteiger partial charge in [0.2, 0.25) is 5.91 Å². The van der Waals surface area contributed by atoms with Gasteiger partial charge in [-0.2, -0.15) is 5.10 Å². The number of amides is 1. The van der Waals surface area contributed by atoms with Crippen LogP contribution in [-0.2, 0) is 16.1 Å². The van der Waals surface area contributed by atoms with Gasteiger partial charge in [-0.05, 0) is 37.0 Å². The number of nitrogens with zero attached hydrogens (tertiary/aromatic N) is 3. The number of carbonyl (C=O) groups excluding carboxylic acids is 1. The zero-order valence-corrected chi connectivity index (χ0v) is 13.3. The molecule has 6 nitrogen and oxygen atoms in total. The Morgan fingerprint density at radius 2 is 2.22 bits per heavy atom. The fraction of sp³-hybridized carbons (Fsp3) is 0.471. The van der Waals surface area contributed by atoms with Crippen LogP contribution in [0.15, 0.2) is 36.8 Å².